The number of aliphatic imine (C=N–C) groups is 1. The van der Waals surface area contributed by atoms with Gasteiger partial charge in [-0.1, -0.05) is 6.42 Å². The van der Waals surface area contributed by atoms with Crippen LogP contribution in [-0.4, -0.2) is 47.0 Å². The van der Waals surface area contributed by atoms with E-state index >= 15 is 0 Å². The molecule has 0 spiro atoms. The summed E-state index contributed by atoms with van der Waals surface area (Å²) in [6.45, 7) is 1.42. The number of aryl methyl sites for hydroxylation is 2. The van der Waals surface area contributed by atoms with Gasteiger partial charge in [0, 0.05) is 39.5 Å². The first-order valence-electron chi connectivity index (χ1n) is 8.42. The SMILES string of the molecule is CN=C(NCCCc1nnc2n1CCCCC2)NCCC(F)(F)F.I. The van der Waals surface area contributed by atoms with Crippen molar-refractivity contribution in [2.75, 3.05) is 20.1 Å². The predicted octanol–water partition coefficient (Wildman–Crippen LogP) is 2.67. The van der Waals surface area contributed by atoms with Crippen molar-refractivity contribution in [2.24, 2.45) is 4.99 Å². The fourth-order valence-electron chi connectivity index (χ4n) is 2.73. The Morgan fingerprint density at radius 3 is 2.64 bits per heavy atom. The number of hydrogen-bond acceptors (Lipinski definition) is 3. The molecule has 0 fully saturated rings. The zero-order valence-electron chi connectivity index (χ0n) is 14.4. The van der Waals surface area contributed by atoms with Gasteiger partial charge in [-0.3, -0.25) is 4.99 Å². The van der Waals surface area contributed by atoms with Gasteiger partial charge < -0.3 is 15.2 Å². The molecule has 0 amide bonds. The van der Waals surface area contributed by atoms with Gasteiger partial charge in [-0.15, -0.1) is 34.2 Å². The number of aromatic nitrogens is 3. The topological polar surface area (TPSA) is 67.1 Å². The molecule has 1 aliphatic rings. The smallest absolute Gasteiger partial charge is 0.356 e. The molecule has 1 aliphatic heterocycles. The van der Waals surface area contributed by atoms with E-state index in [0.717, 1.165) is 43.9 Å². The summed E-state index contributed by atoms with van der Waals surface area (Å²) in [5, 5.41) is 14.2. The first-order chi connectivity index (χ1) is 11.5. The molecule has 10 heteroatoms. The predicted molar refractivity (Wildman–Crippen MR) is 101 cm³/mol. The highest BCUT2D eigenvalue weighted by Crippen LogP contribution is 2.18. The Morgan fingerprint density at radius 1 is 1.16 bits per heavy atom. The molecule has 1 aromatic heterocycles. The molecule has 0 atom stereocenters. The second kappa shape index (κ2) is 10.8. The maximum atomic E-state index is 12.1. The van der Waals surface area contributed by atoms with Gasteiger partial charge in [-0.05, 0) is 19.3 Å². The zero-order valence-corrected chi connectivity index (χ0v) is 16.7. The number of halogens is 4. The Morgan fingerprint density at radius 2 is 1.92 bits per heavy atom. The largest absolute Gasteiger partial charge is 0.390 e. The summed E-state index contributed by atoms with van der Waals surface area (Å²) in [7, 11) is 1.54. The average molecular weight is 474 g/mol. The number of rotatable bonds is 6. The Kier molecular flexibility index (Phi) is 9.51. The van der Waals surface area contributed by atoms with Crippen molar-refractivity contribution in [2.45, 2.75) is 57.7 Å². The van der Waals surface area contributed by atoms with E-state index in [1.807, 2.05) is 0 Å². The Hall–Kier alpha value is -1.07. The van der Waals surface area contributed by atoms with Crippen LogP contribution in [0.4, 0.5) is 13.2 Å². The Balaban J connectivity index is 0.00000312. The average Bonchev–Trinajstić information content (AvgIpc) is 2.76. The lowest BCUT2D eigenvalue weighted by Gasteiger charge is -2.13. The molecule has 0 aliphatic carbocycles. The minimum atomic E-state index is -4.16. The summed E-state index contributed by atoms with van der Waals surface area (Å²) in [6.07, 6.45) is 1.12. The summed E-state index contributed by atoms with van der Waals surface area (Å²) in [5.41, 5.74) is 0. The molecule has 0 bridgehead atoms. The van der Waals surface area contributed by atoms with Crippen LogP contribution in [0.25, 0.3) is 0 Å². The van der Waals surface area contributed by atoms with Crippen LogP contribution < -0.4 is 10.6 Å². The van der Waals surface area contributed by atoms with E-state index in [9.17, 15) is 13.2 Å². The lowest BCUT2D eigenvalue weighted by Crippen LogP contribution is -2.39. The van der Waals surface area contributed by atoms with Crippen LogP contribution in [-0.2, 0) is 19.4 Å². The molecule has 0 unspecified atom stereocenters. The van der Waals surface area contributed by atoms with Crippen molar-refractivity contribution < 1.29 is 13.2 Å². The van der Waals surface area contributed by atoms with Crippen molar-refractivity contribution >= 4 is 29.9 Å². The molecule has 0 radical (unpaired) electrons. The molecule has 2 N–H and O–H groups in total. The van der Waals surface area contributed by atoms with E-state index in [4.69, 9.17) is 0 Å². The lowest BCUT2D eigenvalue weighted by atomic mass is 10.2. The van der Waals surface area contributed by atoms with E-state index in [-0.39, 0.29) is 30.5 Å². The normalized spacial score (nSPS) is 15.1. The van der Waals surface area contributed by atoms with Crippen LogP contribution >= 0.6 is 24.0 Å². The van der Waals surface area contributed by atoms with Crippen LogP contribution in [0.15, 0.2) is 4.99 Å². The van der Waals surface area contributed by atoms with Gasteiger partial charge in [0.1, 0.15) is 11.6 Å². The summed E-state index contributed by atoms with van der Waals surface area (Å²) in [5.74, 6) is 2.45. The molecule has 144 valence electrons. The summed E-state index contributed by atoms with van der Waals surface area (Å²) in [6, 6.07) is 0. The fourth-order valence-corrected chi connectivity index (χ4v) is 2.73. The highest BCUT2D eigenvalue weighted by molar-refractivity contribution is 14.0. The highest BCUT2D eigenvalue weighted by Gasteiger charge is 2.26. The third-order valence-corrected chi connectivity index (χ3v) is 3.98. The Labute approximate surface area is 163 Å². The number of nitrogens with one attached hydrogen (secondary N) is 2. The maximum Gasteiger partial charge on any atom is 0.390 e. The zero-order chi connectivity index (χ0) is 17.4. The second-order valence-electron chi connectivity index (χ2n) is 5.89. The van der Waals surface area contributed by atoms with Crippen molar-refractivity contribution in [3.63, 3.8) is 0 Å². The van der Waals surface area contributed by atoms with Crippen LogP contribution in [0.2, 0.25) is 0 Å². The fraction of sp³-hybridized carbons (Fsp3) is 0.800. The van der Waals surface area contributed by atoms with Crippen molar-refractivity contribution in [3.8, 4) is 0 Å². The first kappa shape index (κ1) is 22.0. The quantitative estimate of drug-likeness (QED) is 0.288. The van der Waals surface area contributed by atoms with E-state index < -0.39 is 12.6 Å². The molecule has 0 saturated carbocycles. The van der Waals surface area contributed by atoms with Gasteiger partial charge in [-0.2, -0.15) is 13.2 Å². The molecule has 6 nitrogen and oxygen atoms in total. The van der Waals surface area contributed by atoms with Gasteiger partial charge >= 0.3 is 6.18 Å². The van der Waals surface area contributed by atoms with Crippen molar-refractivity contribution in [1.82, 2.24) is 25.4 Å². The minimum absolute atomic E-state index is 0. The minimum Gasteiger partial charge on any atom is -0.356 e. The van der Waals surface area contributed by atoms with Crippen LogP contribution in [0, 0.1) is 0 Å². The third kappa shape index (κ3) is 7.78. The highest BCUT2D eigenvalue weighted by atomic mass is 127. The number of fused-ring (bicyclic) bond motifs is 1. The van der Waals surface area contributed by atoms with Crippen LogP contribution in [0.3, 0.4) is 0 Å². The Bertz CT molecular complexity index is 544. The van der Waals surface area contributed by atoms with E-state index in [0.29, 0.717) is 12.5 Å². The molecule has 25 heavy (non-hydrogen) atoms. The molecular weight excluding hydrogens is 448 g/mol. The number of hydrogen-bond donors (Lipinski definition) is 2. The third-order valence-electron chi connectivity index (χ3n) is 3.98. The molecule has 0 saturated heterocycles. The van der Waals surface area contributed by atoms with Gasteiger partial charge in [0.15, 0.2) is 5.96 Å². The molecule has 2 rings (SSSR count). The van der Waals surface area contributed by atoms with Crippen LogP contribution in [0.1, 0.15) is 43.8 Å². The second-order valence-corrected chi connectivity index (χ2v) is 5.89. The lowest BCUT2D eigenvalue weighted by molar-refractivity contribution is -0.132. The number of alkyl halides is 3. The molecule has 2 heterocycles. The standard InChI is InChI=1S/C15H25F3N6.HI/c1-19-14(21-10-8-15(16,17)18)20-9-5-7-13-23-22-12-6-3-2-4-11-24(12)13;/h2-11H2,1H3,(H2,19,20,21);1H. The van der Waals surface area contributed by atoms with Crippen molar-refractivity contribution in [3.05, 3.63) is 11.6 Å². The molecule has 1 aromatic rings. The van der Waals surface area contributed by atoms with E-state index in [1.165, 1.54) is 12.8 Å². The molecule has 0 aromatic carbocycles. The van der Waals surface area contributed by atoms with Gasteiger partial charge in [0.05, 0.1) is 6.42 Å². The van der Waals surface area contributed by atoms with Gasteiger partial charge in [0.25, 0.3) is 0 Å². The van der Waals surface area contributed by atoms with Crippen molar-refractivity contribution in [1.29, 1.82) is 0 Å². The first-order valence-corrected chi connectivity index (χ1v) is 8.42. The van der Waals surface area contributed by atoms with E-state index in [1.54, 1.807) is 7.05 Å². The summed E-state index contributed by atoms with van der Waals surface area (Å²) >= 11 is 0. The van der Waals surface area contributed by atoms with Gasteiger partial charge in [0.2, 0.25) is 0 Å². The summed E-state index contributed by atoms with van der Waals surface area (Å²) < 4.78 is 38.6. The van der Waals surface area contributed by atoms with Gasteiger partial charge in [-0.25, -0.2) is 0 Å². The van der Waals surface area contributed by atoms with E-state index in [2.05, 4.69) is 30.4 Å². The monoisotopic (exact) mass is 474 g/mol. The maximum absolute atomic E-state index is 12.1. The number of nitrogens with zero attached hydrogens (tertiary/aromatic N) is 4. The number of guanidine groups is 1. The van der Waals surface area contributed by atoms with Crippen LogP contribution in [0.5, 0.6) is 0 Å². The summed E-state index contributed by atoms with van der Waals surface area (Å²) in [4.78, 5) is 3.92. The molecular formula is C15H26F3IN6.